The third kappa shape index (κ3) is 5.40. The lowest BCUT2D eigenvalue weighted by Crippen LogP contribution is -2.51. The van der Waals surface area contributed by atoms with Gasteiger partial charge in [0.1, 0.15) is 17.4 Å². The van der Waals surface area contributed by atoms with Gasteiger partial charge in [0.05, 0.1) is 4.88 Å². The maximum Gasteiger partial charge on any atom is 0.270 e. The van der Waals surface area contributed by atoms with Gasteiger partial charge in [-0.15, -0.1) is 22.7 Å². The summed E-state index contributed by atoms with van der Waals surface area (Å²) >= 11 is 2.90. The smallest absolute Gasteiger partial charge is 0.270 e. The molecule has 0 radical (unpaired) electrons. The zero-order chi connectivity index (χ0) is 25.9. The zero-order valence-electron chi connectivity index (χ0n) is 21.1. The molecule has 10 heteroatoms. The van der Waals surface area contributed by atoms with Gasteiger partial charge < -0.3 is 14.1 Å². The molecule has 3 aromatic heterocycles. The minimum absolute atomic E-state index is 0.0301. The molecule has 8 nitrogen and oxygen atoms in total. The number of benzene rings is 1. The van der Waals surface area contributed by atoms with Crippen LogP contribution in [0.15, 0.2) is 57.6 Å². The molecule has 5 heterocycles. The number of thiazole rings is 1. The van der Waals surface area contributed by atoms with Gasteiger partial charge in [-0.25, -0.2) is 4.98 Å². The Morgan fingerprint density at radius 3 is 2.71 bits per heavy atom. The van der Waals surface area contributed by atoms with Crippen LogP contribution in [0.2, 0.25) is 0 Å². The van der Waals surface area contributed by atoms with Crippen LogP contribution in [0.25, 0.3) is 22.4 Å². The number of thiophene rings is 1. The van der Waals surface area contributed by atoms with E-state index in [1.807, 2.05) is 58.1 Å². The summed E-state index contributed by atoms with van der Waals surface area (Å²) in [6.07, 6.45) is 2.37. The highest BCUT2D eigenvalue weighted by Crippen LogP contribution is 2.32. The normalized spacial score (nSPS) is 18.3. The Morgan fingerprint density at radius 2 is 1.95 bits per heavy atom. The standard InChI is InChI=1S/C28H30N4O4S2/c33-26(23-8-3-16-35-23)31-14-12-30(13-15-31)10-5-11-32(27(34)25-9-4-17-37-25)28-29-21(19-38-28)24-18-20-6-1-2-7-22(20)36-24/h1-2,4,6-7,9,17-19,23H,3,5,8,10-16H2. The summed E-state index contributed by atoms with van der Waals surface area (Å²) in [6, 6.07) is 13.6. The number of hydrogen-bond donors (Lipinski definition) is 0. The van der Waals surface area contributed by atoms with Crippen molar-refractivity contribution in [2.75, 3.05) is 50.8 Å². The first-order chi connectivity index (χ1) is 18.7. The summed E-state index contributed by atoms with van der Waals surface area (Å²) in [6.45, 7) is 5.25. The van der Waals surface area contributed by atoms with Crippen molar-refractivity contribution in [2.45, 2.75) is 25.4 Å². The molecule has 0 N–H and O–H groups in total. The summed E-state index contributed by atoms with van der Waals surface area (Å²) in [7, 11) is 0. The van der Waals surface area contributed by atoms with Crippen molar-refractivity contribution in [3.63, 3.8) is 0 Å². The number of hydrogen-bond acceptors (Lipinski definition) is 8. The van der Waals surface area contributed by atoms with Gasteiger partial charge in [0.15, 0.2) is 10.9 Å². The van der Waals surface area contributed by atoms with Crippen LogP contribution < -0.4 is 4.90 Å². The summed E-state index contributed by atoms with van der Waals surface area (Å²) in [5, 5.41) is 5.57. The highest BCUT2D eigenvalue weighted by molar-refractivity contribution is 7.14. The molecule has 1 atom stereocenters. The Morgan fingerprint density at radius 1 is 1.08 bits per heavy atom. The molecule has 2 aliphatic heterocycles. The number of aromatic nitrogens is 1. The molecule has 2 aliphatic rings. The number of anilines is 1. The molecule has 2 saturated heterocycles. The van der Waals surface area contributed by atoms with Crippen LogP contribution >= 0.6 is 22.7 Å². The molecule has 1 aromatic carbocycles. The molecule has 0 bridgehead atoms. The van der Waals surface area contributed by atoms with Crippen molar-refractivity contribution >= 4 is 50.6 Å². The first-order valence-electron chi connectivity index (χ1n) is 13.1. The molecule has 0 aliphatic carbocycles. The maximum absolute atomic E-state index is 13.4. The SMILES string of the molecule is O=C(C1CCCO1)N1CCN(CCCN(C(=O)c2cccs2)c2nc(-c3cc4ccccc4o3)cs2)CC1. The van der Waals surface area contributed by atoms with Crippen LogP contribution in [0, 0.1) is 0 Å². The van der Waals surface area contributed by atoms with Crippen molar-refractivity contribution in [1.82, 2.24) is 14.8 Å². The number of carbonyl (C=O) groups is 2. The van der Waals surface area contributed by atoms with Crippen molar-refractivity contribution in [2.24, 2.45) is 0 Å². The number of nitrogens with zero attached hydrogens (tertiary/aromatic N) is 4. The summed E-state index contributed by atoms with van der Waals surface area (Å²) in [5.41, 5.74) is 1.55. The number of rotatable bonds is 8. The average Bonchev–Trinajstić information content (AvgIpc) is 3.77. The second kappa shape index (κ2) is 11.4. The Bertz CT molecular complexity index is 1350. The number of carbonyl (C=O) groups excluding carboxylic acids is 2. The first kappa shape index (κ1) is 25.2. The van der Waals surface area contributed by atoms with E-state index in [1.54, 1.807) is 4.90 Å². The third-order valence-corrected chi connectivity index (χ3v) is 8.84. The summed E-state index contributed by atoms with van der Waals surface area (Å²) < 4.78 is 11.6. The molecule has 4 aromatic rings. The molecule has 0 saturated carbocycles. The lowest BCUT2D eigenvalue weighted by atomic mass is 10.2. The van der Waals surface area contributed by atoms with Crippen LogP contribution in [-0.4, -0.2) is 78.6 Å². The van der Waals surface area contributed by atoms with E-state index in [2.05, 4.69) is 4.90 Å². The second-order valence-corrected chi connectivity index (χ2v) is 11.4. The molecule has 6 rings (SSSR count). The van der Waals surface area contributed by atoms with Gasteiger partial charge in [0, 0.05) is 50.1 Å². The second-order valence-electron chi connectivity index (χ2n) is 9.62. The number of ether oxygens (including phenoxy) is 1. The zero-order valence-corrected chi connectivity index (χ0v) is 22.7. The topological polar surface area (TPSA) is 79.1 Å². The molecule has 38 heavy (non-hydrogen) atoms. The predicted molar refractivity (Wildman–Crippen MR) is 150 cm³/mol. The highest BCUT2D eigenvalue weighted by Gasteiger charge is 2.30. The maximum atomic E-state index is 13.4. The molecule has 0 spiro atoms. The van der Waals surface area contributed by atoms with E-state index in [9.17, 15) is 9.59 Å². The quantitative estimate of drug-likeness (QED) is 0.308. The fourth-order valence-electron chi connectivity index (χ4n) is 5.05. The number of piperazine rings is 1. The third-order valence-electron chi connectivity index (χ3n) is 7.12. The minimum atomic E-state index is -0.249. The predicted octanol–water partition coefficient (Wildman–Crippen LogP) is 4.98. The Labute approximate surface area is 229 Å². The molecular formula is C28H30N4O4S2. The fourth-order valence-corrected chi connectivity index (χ4v) is 6.56. The van der Waals surface area contributed by atoms with E-state index >= 15 is 0 Å². The number of fused-ring (bicyclic) bond motifs is 1. The molecular weight excluding hydrogens is 520 g/mol. The largest absolute Gasteiger partial charge is 0.454 e. The monoisotopic (exact) mass is 550 g/mol. The Hall–Kier alpha value is -3.05. The minimum Gasteiger partial charge on any atom is -0.454 e. The van der Waals surface area contributed by atoms with Crippen molar-refractivity contribution in [3.8, 4) is 11.5 Å². The van der Waals surface area contributed by atoms with E-state index in [-0.39, 0.29) is 17.9 Å². The van der Waals surface area contributed by atoms with Gasteiger partial charge in [0.2, 0.25) is 0 Å². The lowest BCUT2D eigenvalue weighted by molar-refractivity contribution is -0.142. The van der Waals surface area contributed by atoms with E-state index < -0.39 is 0 Å². The Balaban J connectivity index is 1.10. The van der Waals surface area contributed by atoms with Crippen LogP contribution in [0.3, 0.4) is 0 Å². The number of amides is 2. The van der Waals surface area contributed by atoms with Gasteiger partial charge in [-0.05, 0) is 49.4 Å². The van der Waals surface area contributed by atoms with Gasteiger partial charge in [-0.3, -0.25) is 19.4 Å². The first-order valence-corrected chi connectivity index (χ1v) is 14.8. The molecule has 198 valence electrons. The molecule has 2 amide bonds. The Kier molecular flexibility index (Phi) is 7.55. The summed E-state index contributed by atoms with van der Waals surface area (Å²) in [5.74, 6) is 0.809. The average molecular weight is 551 g/mol. The van der Waals surface area contributed by atoms with Gasteiger partial charge in [-0.2, -0.15) is 0 Å². The van der Waals surface area contributed by atoms with Gasteiger partial charge in [-0.1, -0.05) is 24.3 Å². The lowest BCUT2D eigenvalue weighted by Gasteiger charge is -2.36. The molecule has 2 fully saturated rings. The van der Waals surface area contributed by atoms with Crippen LogP contribution in [-0.2, 0) is 9.53 Å². The van der Waals surface area contributed by atoms with Gasteiger partial charge >= 0.3 is 0 Å². The molecule has 1 unspecified atom stereocenters. The van der Waals surface area contributed by atoms with Crippen LogP contribution in [0.1, 0.15) is 28.9 Å². The fraction of sp³-hybridized carbons (Fsp3) is 0.393. The van der Waals surface area contributed by atoms with Crippen molar-refractivity contribution in [3.05, 3.63) is 58.1 Å². The van der Waals surface area contributed by atoms with E-state index in [4.69, 9.17) is 14.1 Å². The van der Waals surface area contributed by atoms with Crippen molar-refractivity contribution < 1.29 is 18.7 Å². The number of para-hydroxylation sites is 1. The van der Waals surface area contributed by atoms with E-state index in [1.165, 1.54) is 22.7 Å². The number of furan rings is 1. The van der Waals surface area contributed by atoms with Crippen LogP contribution in [0.4, 0.5) is 5.13 Å². The van der Waals surface area contributed by atoms with Crippen LogP contribution in [0.5, 0.6) is 0 Å². The summed E-state index contributed by atoms with van der Waals surface area (Å²) in [4.78, 5) is 37.7. The van der Waals surface area contributed by atoms with Crippen molar-refractivity contribution in [1.29, 1.82) is 0 Å². The van der Waals surface area contributed by atoms with E-state index in [0.717, 1.165) is 68.6 Å². The van der Waals surface area contributed by atoms with Gasteiger partial charge in [0.25, 0.3) is 11.8 Å². The van der Waals surface area contributed by atoms with E-state index in [0.29, 0.717) is 28.9 Å². The highest BCUT2D eigenvalue weighted by atomic mass is 32.1.